The molecular formula is C11H20N2O3. The summed E-state index contributed by atoms with van der Waals surface area (Å²) in [5, 5.41) is 3.21. The Kier molecular flexibility index (Phi) is 5.25. The van der Waals surface area contributed by atoms with Gasteiger partial charge in [0.15, 0.2) is 0 Å². The maximum Gasteiger partial charge on any atom is 0.307 e. The minimum Gasteiger partial charge on any atom is -0.469 e. The molecule has 92 valence electrons. The van der Waals surface area contributed by atoms with Gasteiger partial charge >= 0.3 is 5.97 Å². The monoisotopic (exact) mass is 228 g/mol. The van der Waals surface area contributed by atoms with Crippen molar-refractivity contribution in [1.29, 1.82) is 0 Å². The third kappa shape index (κ3) is 3.48. The lowest BCUT2D eigenvalue weighted by Gasteiger charge is -2.16. The fourth-order valence-corrected chi connectivity index (χ4v) is 1.80. The number of rotatable bonds is 6. The van der Waals surface area contributed by atoms with Gasteiger partial charge in [0, 0.05) is 13.1 Å². The standard InChI is InChI=1S/C11H20N2O3/c1-3-6-12-9-4-7-13(11(9)15)8-5-10(14)16-2/h9,12H,3-8H2,1-2H3. The number of carbonyl (C=O) groups is 2. The van der Waals surface area contributed by atoms with E-state index in [2.05, 4.69) is 17.0 Å². The van der Waals surface area contributed by atoms with Crippen LogP contribution in [-0.4, -0.2) is 49.6 Å². The van der Waals surface area contributed by atoms with E-state index >= 15 is 0 Å². The van der Waals surface area contributed by atoms with Crippen molar-refractivity contribution < 1.29 is 14.3 Å². The molecule has 1 saturated heterocycles. The number of ether oxygens (including phenoxy) is 1. The molecule has 1 aliphatic heterocycles. The van der Waals surface area contributed by atoms with Gasteiger partial charge in [0.1, 0.15) is 0 Å². The number of hydrogen-bond acceptors (Lipinski definition) is 4. The molecule has 0 aliphatic carbocycles. The van der Waals surface area contributed by atoms with E-state index in [4.69, 9.17) is 0 Å². The predicted octanol–water partition coefficient (Wildman–Crippen LogP) is 0.150. The van der Waals surface area contributed by atoms with Crippen LogP contribution < -0.4 is 5.32 Å². The number of esters is 1. The quantitative estimate of drug-likeness (QED) is 0.657. The van der Waals surface area contributed by atoms with Crippen LogP contribution in [0.5, 0.6) is 0 Å². The highest BCUT2D eigenvalue weighted by atomic mass is 16.5. The van der Waals surface area contributed by atoms with Gasteiger partial charge < -0.3 is 15.0 Å². The Morgan fingerprint density at radius 1 is 1.62 bits per heavy atom. The first-order chi connectivity index (χ1) is 7.69. The molecule has 0 radical (unpaired) electrons. The Morgan fingerprint density at radius 2 is 2.38 bits per heavy atom. The van der Waals surface area contributed by atoms with Crippen molar-refractivity contribution in [3.8, 4) is 0 Å². The molecule has 1 rings (SSSR count). The van der Waals surface area contributed by atoms with Crippen LogP contribution >= 0.6 is 0 Å². The van der Waals surface area contributed by atoms with Crippen molar-refractivity contribution in [2.24, 2.45) is 0 Å². The smallest absolute Gasteiger partial charge is 0.307 e. The summed E-state index contributed by atoms with van der Waals surface area (Å²) in [6.07, 6.45) is 2.13. The molecule has 0 bridgehead atoms. The number of amides is 1. The SMILES string of the molecule is CCCNC1CCN(CCC(=O)OC)C1=O. The van der Waals surface area contributed by atoms with Gasteiger partial charge in [-0.1, -0.05) is 6.92 Å². The fourth-order valence-electron chi connectivity index (χ4n) is 1.80. The van der Waals surface area contributed by atoms with E-state index in [1.165, 1.54) is 7.11 Å². The van der Waals surface area contributed by atoms with Crippen LogP contribution in [0.15, 0.2) is 0 Å². The summed E-state index contributed by atoms with van der Waals surface area (Å²) in [4.78, 5) is 24.5. The van der Waals surface area contributed by atoms with Crippen molar-refractivity contribution in [1.82, 2.24) is 10.2 Å². The molecule has 0 aromatic rings. The molecule has 1 aliphatic rings. The first-order valence-corrected chi connectivity index (χ1v) is 5.78. The van der Waals surface area contributed by atoms with E-state index in [0.29, 0.717) is 6.54 Å². The molecule has 1 fully saturated rings. The van der Waals surface area contributed by atoms with Crippen molar-refractivity contribution in [2.45, 2.75) is 32.2 Å². The zero-order chi connectivity index (χ0) is 12.0. The maximum atomic E-state index is 11.8. The normalized spacial score (nSPS) is 20.2. The molecule has 16 heavy (non-hydrogen) atoms. The molecule has 5 nitrogen and oxygen atoms in total. The van der Waals surface area contributed by atoms with Gasteiger partial charge in [-0.05, 0) is 19.4 Å². The van der Waals surface area contributed by atoms with Gasteiger partial charge in [-0.2, -0.15) is 0 Å². The minimum atomic E-state index is -0.266. The number of hydrogen-bond donors (Lipinski definition) is 1. The fraction of sp³-hybridized carbons (Fsp3) is 0.818. The Labute approximate surface area is 96.1 Å². The summed E-state index contributed by atoms with van der Waals surface area (Å²) in [5.41, 5.74) is 0. The van der Waals surface area contributed by atoms with E-state index in [9.17, 15) is 9.59 Å². The second-order valence-corrected chi connectivity index (χ2v) is 3.95. The molecule has 1 amide bonds. The van der Waals surface area contributed by atoms with Crippen LogP contribution in [0, 0.1) is 0 Å². The van der Waals surface area contributed by atoms with Gasteiger partial charge in [0.25, 0.3) is 0 Å². The van der Waals surface area contributed by atoms with E-state index < -0.39 is 0 Å². The second kappa shape index (κ2) is 6.48. The molecule has 0 saturated carbocycles. The summed E-state index contributed by atoms with van der Waals surface area (Å²) in [7, 11) is 1.36. The van der Waals surface area contributed by atoms with Gasteiger partial charge in [-0.15, -0.1) is 0 Å². The van der Waals surface area contributed by atoms with Crippen molar-refractivity contribution in [3.05, 3.63) is 0 Å². The Bertz CT molecular complexity index is 256. The van der Waals surface area contributed by atoms with E-state index in [-0.39, 0.29) is 24.3 Å². The van der Waals surface area contributed by atoms with Crippen molar-refractivity contribution >= 4 is 11.9 Å². The van der Waals surface area contributed by atoms with E-state index in [0.717, 1.165) is 25.9 Å². The highest BCUT2D eigenvalue weighted by Gasteiger charge is 2.30. The van der Waals surface area contributed by atoms with Crippen molar-refractivity contribution in [3.63, 3.8) is 0 Å². The van der Waals surface area contributed by atoms with Gasteiger partial charge in [0.05, 0.1) is 19.6 Å². The number of nitrogens with zero attached hydrogens (tertiary/aromatic N) is 1. The zero-order valence-electron chi connectivity index (χ0n) is 9.99. The Hall–Kier alpha value is -1.10. The van der Waals surface area contributed by atoms with Crippen LogP contribution in [0.3, 0.4) is 0 Å². The molecule has 1 atom stereocenters. The lowest BCUT2D eigenvalue weighted by atomic mass is 10.2. The summed E-state index contributed by atoms with van der Waals surface area (Å²) < 4.78 is 4.54. The third-order valence-electron chi connectivity index (χ3n) is 2.75. The maximum absolute atomic E-state index is 11.8. The number of nitrogens with one attached hydrogen (secondary N) is 1. The largest absolute Gasteiger partial charge is 0.469 e. The molecule has 1 unspecified atom stereocenters. The summed E-state index contributed by atoms with van der Waals surface area (Å²) >= 11 is 0. The Morgan fingerprint density at radius 3 is 3.00 bits per heavy atom. The van der Waals surface area contributed by atoms with Crippen LogP contribution in [-0.2, 0) is 14.3 Å². The third-order valence-corrected chi connectivity index (χ3v) is 2.75. The minimum absolute atomic E-state index is 0.0578. The molecule has 1 heterocycles. The highest BCUT2D eigenvalue weighted by molar-refractivity contribution is 5.84. The van der Waals surface area contributed by atoms with Crippen LogP contribution in [0.25, 0.3) is 0 Å². The average Bonchev–Trinajstić information content (AvgIpc) is 2.64. The topological polar surface area (TPSA) is 58.6 Å². The molecule has 1 N–H and O–H groups in total. The highest BCUT2D eigenvalue weighted by Crippen LogP contribution is 2.11. The van der Waals surface area contributed by atoms with Gasteiger partial charge in [0.2, 0.25) is 5.91 Å². The van der Waals surface area contributed by atoms with E-state index in [1.807, 2.05) is 0 Å². The molecule has 5 heteroatoms. The summed E-state index contributed by atoms with van der Waals surface area (Å²) in [6, 6.07) is -0.0578. The van der Waals surface area contributed by atoms with Crippen LogP contribution in [0.1, 0.15) is 26.2 Å². The first kappa shape index (κ1) is 13.0. The summed E-state index contributed by atoms with van der Waals surface area (Å²) in [5.74, 6) is -0.157. The molecular weight excluding hydrogens is 208 g/mol. The van der Waals surface area contributed by atoms with E-state index in [1.54, 1.807) is 4.90 Å². The predicted molar refractivity (Wildman–Crippen MR) is 59.9 cm³/mol. The lowest BCUT2D eigenvalue weighted by Crippen LogP contribution is -2.39. The number of likely N-dealkylation sites (tertiary alicyclic amines) is 1. The first-order valence-electron chi connectivity index (χ1n) is 5.78. The summed E-state index contributed by atoms with van der Waals surface area (Å²) in [6.45, 7) is 4.13. The molecule has 0 aromatic carbocycles. The second-order valence-electron chi connectivity index (χ2n) is 3.95. The van der Waals surface area contributed by atoms with Crippen molar-refractivity contribution in [2.75, 3.05) is 26.7 Å². The average molecular weight is 228 g/mol. The van der Waals surface area contributed by atoms with Crippen LogP contribution in [0.2, 0.25) is 0 Å². The Balaban J connectivity index is 2.30. The van der Waals surface area contributed by atoms with Crippen LogP contribution in [0.4, 0.5) is 0 Å². The molecule has 0 aromatic heterocycles. The van der Waals surface area contributed by atoms with Gasteiger partial charge in [-0.3, -0.25) is 9.59 Å². The van der Waals surface area contributed by atoms with Gasteiger partial charge in [-0.25, -0.2) is 0 Å². The number of carbonyl (C=O) groups excluding carboxylic acids is 2. The zero-order valence-corrected chi connectivity index (χ0v) is 9.99. The lowest BCUT2D eigenvalue weighted by molar-refractivity contribution is -0.141. The molecule has 0 spiro atoms. The number of methoxy groups -OCH3 is 1.